The monoisotopic (exact) mass is 317 g/mol. The summed E-state index contributed by atoms with van der Waals surface area (Å²) in [6.45, 7) is 2.90. The fourth-order valence-corrected chi connectivity index (χ4v) is 3.21. The number of anilines is 1. The van der Waals surface area contributed by atoms with Gasteiger partial charge in [-0.15, -0.1) is 0 Å². The highest BCUT2D eigenvalue weighted by Gasteiger charge is 2.42. The minimum absolute atomic E-state index is 0.269. The SMILES string of the molecule is CCOC(=O)N1CCCC(N2C(=O)c3cccc(N)c3C2=O)C1. The van der Waals surface area contributed by atoms with Gasteiger partial charge in [0.15, 0.2) is 0 Å². The van der Waals surface area contributed by atoms with Crippen molar-refractivity contribution in [2.45, 2.75) is 25.8 Å². The van der Waals surface area contributed by atoms with Crippen molar-refractivity contribution in [3.05, 3.63) is 29.3 Å². The maximum absolute atomic E-state index is 12.6. The molecule has 3 rings (SSSR count). The second-order valence-electron chi connectivity index (χ2n) is 5.69. The van der Waals surface area contributed by atoms with Crippen molar-refractivity contribution in [3.8, 4) is 0 Å². The molecule has 2 N–H and O–H groups in total. The number of rotatable bonds is 2. The molecule has 3 amide bonds. The van der Waals surface area contributed by atoms with Crippen molar-refractivity contribution >= 4 is 23.6 Å². The van der Waals surface area contributed by atoms with Gasteiger partial charge in [-0.25, -0.2) is 4.79 Å². The van der Waals surface area contributed by atoms with Crippen LogP contribution in [-0.4, -0.2) is 53.4 Å². The smallest absolute Gasteiger partial charge is 0.409 e. The van der Waals surface area contributed by atoms with Gasteiger partial charge in [0, 0.05) is 18.8 Å². The molecule has 0 spiro atoms. The molecule has 23 heavy (non-hydrogen) atoms. The molecule has 7 nitrogen and oxygen atoms in total. The molecule has 2 aliphatic heterocycles. The summed E-state index contributed by atoms with van der Waals surface area (Å²) in [4.78, 5) is 39.9. The minimum Gasteiger partial charge on any atom is -0.450 e. The molecule has 1 aromatic rings. The van der Waals surface area contributed by atoms with E-state index in [0.717, 1.165) is 0 Å². The van der Waals surface area contributed by atoms with Gasteiger partial charge in [-0.1, -0.05) is 6.07 Å². The number of likely N-dealkylation sites (tertiary alicyclic amines) is 1. The number of imide groups is 1. The zero-order valence-electron chi connectivity index (χ0n) is 12.9. The van der Waals surface area contributed by atoms with Gasteiger partial charge in [0.05, 0.1) is 23.8 Å². The van der Waals surface area contributed by atoms with Crippen LogP contribution in [0.1, 0.15) is 40.5 Å². The Morgan fingerprint density at radius 1 is 1.35 bits per heavy atom. The van der Waals surface area contributed by atoms with Crippen molar-refractivity contribution in [3.63, 3.8) is 0 Å². The van der Waals surface area contributed by atoms with E-state index in [1.807, 2.05) is 0 Å². The number of ether oxygens (including phenoxy) is 1. The highest BCUT2D eigenvalue weighted by atomic mass is 16.6. The van der Waals surface area contributed by atoms with Crippen LogP contribution >= 0.6 is 0 Å². The maximum Gasteiger partial charge on any atom is 0.409 e. The van der Waals surface area contributed by atoms with Crippen LogP contribution in [0.15, 0.2) is 18.2 Å². The Hall–Kier alpha value is -2.57. The molecule has 122 valence electrons. The number of fused-ring (bicyclic) bond motifs is 1. The van der Waals surface area contributed by atoms with Crippen LogP contribution in [-0.2, 0) is 4.74 Å². The lowest BCUT2D eigenvalue weighted by molar-refractivity contribution is 0.0442. The first-order valence-electron chi connectivity index (χ1n) is 7.72. The van der Waals surface area contributed by atoms with E-state index in [9.17, 15) is 14.4 Å². The van der Waals surface area contributed by atoms with E-state index in [4.69, 9.17) is 10.5 Å². The maximum atomic E-state index is 12.6. The Bertz CT molecular complexity index is 673. The Morgan fingerprint density at radius 3 is 2.83 bits per heavy atom. The van der Waals surface area contributed by atoms with E-state index in [-0.39, 0.29) is 23.4 Å². The van der Waals surface area contributed by atoms with Crippen LogP contribution in [0.3, 0.4) is 0 Å². The largest absolute Gasteiger partial charge is 0.450 e. The van der Waals surface area contributed by atoms with E-state index in [2.05, 4.69) is 0 Å². The van der Waals surface area contributed by atoms with Crippen molar-refractivity contribution in [1.29, 1.82) is 0 Å². The average Bonchev–Trinajstić information content (AvgIpc) is 2.80. The van der Waals surface area contributed by atoms with Gasteiger partial charge in [-0.2, -0.15) is 0 Å². The van der Waals surface area contributed by atoms with Crippen LogP contribution < -0.4 is 5.73 Å². The van der Waals surface area contributed by atoms with Gasteiger partial charge >= 0.3 is 6.09 Å². The van der Waals surface area contributed by atoms with Crippen LogP contribution in [0.2, 0.25) is 0 Å². The van der Waals surface area contributed by atoms with E-state index >= 15 is 0 Å². The Kier molecular flexibility index (Phi) is 3.94. The number of piperidine rings is 1. The molecule has 1 unspecified atom stereocenters. The van der Waals surface area contributed by atoms with Gasteiger partial charge < -0.3 is 15.4 Å². The molecule has 1 aromatic carbocycles. The number of hydrogen-bond donors (Lipinski definition) is 1. The Labute approximate surface area is 134 Å². The van der Waals surface area contributed by atoms with E-state index in [0.29, 0.717) is 43.8 Å². The van der Waals surface area contributed by atoms with Crippen LogP contribution in [0, 0.1) is 0 Å². The summed E-state index contributed by atoms with van der Waals surface area (Å²) in [5, 5.41) is 0. The number of nitrogens with two attached hydrogens (primary N) is 1. The van der Waals surface area contributed by atoms with Gasteiger partial charge in [0.25, 0.3) is 11.8 Å². The molecular formula is C16H19N3O4. The molecule has 0 aliphatic carbocycles. The molecule has 0 saturated carbocycles. The first-order chi connectivity index (χ1) is 11.0. The van der Waals surface area contributed by atoms with Crippen LogP contribution in [0.25, 0.3) is 0 Å². The third-order valence-corrected chi connectivity index (χ3v) is 4.27. The van der Waals surface area contributed by atoms with Crippen molar-refractivity contribution in [2.75, 3.05) is 25.4 Å². The van der Waals surface area contributed by atoms with E-state index in [1.165, 1.54) is 4.90 Å². The predicted molar refractivity (Wildman–Crippen MR) is 83.0 cm³/mol. The predicted octanol–water partition coefficient (Wildman–Crippen LogP) is 1.49. The third kappa shape index (κ3) is 2.52. The first-order valence-corrected chi connectivity index (χ1v) is 7.72. The summed E-state index contributed by atoms with van der Waals surface area (Å²) in [6, 6.07) is 4.53. The fourth-order valence-electron chi connectivity index (χ4n) is 3.21. The topological polar surface area (TPSA) is 92.9 Å². The zero-order chi connectivity index (χ0) is 16.6. The number of hydrogen-bond acceptors (Lipinski definition) is 5. The molecule has 1 fully saturated rings. The number of amides is 3. The summed E-state index contributed by atoms with van der Waals surface area (Å²) in [5.74, 6) is -0.716. The molecule has 1 saturated heterocycles. The molecule has 0 radical (unpaired) electrons. The standard InChI is InChI=1S/C16H19N3O4/c1-2-23-16(22)18-8-4-5-10(9-18)19-14(20)11-6-3-7-12(17)13(11)15(19)21/h3,6-7,10H,2,4-5,8-9,17H2,1H3. The summed E-state index contributed by atoms with van der Waals surface area (Å²) in [7, 11) is 0. The Balaban J connectivity index is 1.83. The van der Waals surface area contributed by atoms with Gasteiger partial charge in [-0.3, -0.25) is 14.5 Å². The minimum atomic E-state index is -0.409. The number of carbonyl (C=O) groups excluding carboxylic acids is 3. The normalized spacial score (nSPS) is 20.7. The number of nitrogen functional groups attached to an aromatic ring is 1. The summed E-state index contributed by atoms with van der Waals surface area (Å²) in [5.41, 5.74) is 6.76. The van der Waals surface area contributed by atoms with Gasteiger partial charge in [0.2, 0.25) is 0 Å². The molecular weight excluding hydrogens is 298 g/mol. The van der Waals surface area contributed by atoms with Crippen LogP contribution in [0.4, 0.5) is 10.5 Å². The van der Waals surface area contributed by atoms with Crippen molar-refractivity contribution in [2.24, 2.45) is 0 Å². The average molecular weight is 317 g/mol. The summed E-state index contributed by atoms with van der Waals surface area (Å²) in [6.07, 6.45) is 0.974. The number of carbonyl (C=O) groups is 3. The molecule has 0 aromatic heterocycles. The molecule has 2 heterocycles. The highest BCUT2D eigenvalue weighted by molar-refractivity contribution is 6.23. The first kappa shape index (κ1) is 15.3. The van der Waals surface area contributed by atoms with Gasteiger partial charge in [-0.05, 0) is 31.9 Å². The molecule has 2 aliphatic rings. The second kappa shape index (κ2) is 5.91. The number of nitrogens with zero attached hydrogens (tertiary/aromatic N) is 2. The van der Waals surface area contributed by atoms with Crippen molar-refractivity contribution < 1.29 is 19.1 Å². The molecule has 1 atom stereocenters. The lowest BCUT2D eigenvalue weighted by atomic mass is 10.0. The summed E-state index contributed by atoms with van der Waals surface area (Å²) < 4.78 is 5.01. The highest BCUT2D eigenvalue weighted by Crippen LogP contribution is 2.31. The third-order valence-electron chi connectivity index (χ3n) is 4.27. The Morgan fingerprint density at radius 2 is 2.13 bits per heavy atom. The van der Waals surface area contributed by atoms with Gasteiger partial charge in [0.1, 0.15) is 0 Å². The van der Waals surface area contributed by atoms with E-state index in [1.54, 1.807) is 30.0 Å². The number of benzene rings is 1. The van der Waals surface area contributed by atoms with Crippen molar-refractivity contribution in [1.82, 2.24) is 9.80 Å². The lowest BCUT2D eigenvalue weighted by Crippen LogP contribution is -2.51. The van der Waals surface area contributed by atoms with E-state index < -0.39 is 6.09 Å². The second-order valence-corrected chi connectivity index (χ2v) is 5.69. The lowest BCUT2D eigenvalue weighted by Gasteiger charge is -2.35. The fraction of sp³-hybridized carbons (Fsp3) is 0.438. The quantitative estimate of drug-likeness (QED) is 0.659. The molecule has 0 bridgehead atoms. The zero-order valence-corrected chi connectivity index (χ0v) is 12.9. The van der Waals surface area contributed by atoms with Crippen LogP contribution in [0.5, 0.6) is 0 Å². The molecule has 7 heteroatoms. The summed E-state index contributed by atoms with van der Waals surface area (Å²) >= 11 is 0.